The monoisotopic (exact) mass is 255 g/mol. The number of hydrogen-bond acceptors (Lipinski definition) is 3. The number of hydrogen-bond donors (Lipinski definition) is 0. The van der Waals surface area contributed by atoms with Gasteiger partial charge in [0.15, 0.2) is 5.60 Å². The molecule has 1 aliphatic rings. The lowest BCUT2D eigenvalue weighted by molar-refractivity contribution is -0.101. The summed E-state index contributed by atoms with van der Waals surface area (Å²) in [5.74, 6) is 0.417. The van der Waals surface area contributed by atoms with E-state index < -0.39 is 14.2 Å². The van der Waals surface area contributed by atoms with Crippen LogP contribution in [0.1, 0.15) is 41.0 Å². The van der Waals surface area contributed by atoms with Crippen molar-refractivity contribution in [3.05, 3.63) is 0 Å². The summed E-state index contributed by atoms with van der Waals surface area (Å²) in [6.07, 6.45) is 0.797. The van der Waals surface area contributed by atoms with Gasteiger partial charge in [-0.2, -0.15) is 5.26 Å². The van der Waals surface area contributed by atoms with Gasteiger partial charge in [-0.3, -0.25) is 0 Å². The molecule has 0 aromatic rings. The Labute approximate surface area is 106 Å². The Kier molecular flexibility index (Phi) is 3.78. The second kappa shape index (κ2) is 4.38. The molecule has 0 N–H and O–H groups in total. The van der Waals surface area contributed by atoms with E-state index in [1.165, 1.54) is 0 Å². The van der Waals surface area contributed by atoms with Gasteiger partial charge in [0.2, 0.25) is 0 Å². The summed E-state index contributed by atoms with van der Waals surface area (Å²) in [7, 11) is -2.21. The Bertz CT molecular complexity index is 327. The third-order valence-corrected chi connectivity index (χ3v) is 5.19. The molecule has 0 aromatic carbocycles. The van der Waals surface area contributed by atoms with Gasteiger partial charge in [-0.25, -0.2) is 0 Å². The zero-order valence-electron chi connectivity index (χ0n) is 12.1. The highest BCUT2D eigenvalue weighted by molar-refractivity contribution is 6.64. The Balaban J connectivity index is 3.12. The molecule has 98 valence electrons. The minimum Gasteiger partial charge on any atom is -0.391 e. The Morgan fingerprint density at radius 3 is 2.24 bits per heavy atom. The van der Waals surface area contributed by atoms with Crippen molar-refractivity contribution in [1.29, 1.82) is 5.26 Å². The molecule has 0 amide bonds. The third-order valence-electron chi connectivity index (χ3n) is 3.48. The van der Waals surface area contributed by atoms with Crippen LogP contribution in [0.2, 0.25) is 13.1 Å². The molecule has 1 aliphatic heterocycles. The summed E-state index contributed by atoms with van der Waals surface area (Å²) < 4.78 is 12.2. The van der Waals surface area contributed by atoms with E-state index in [0.717, 1.165) is 0 Å². The average molecular weight is 255 g/mol. The van der Waals surface area contributed by atoms with Crippen molar-refractivity contribution in [1.82, 2.24) is 0 Å². The van der Waals surface area contributed by atoms with E-state index in [-0.39, 0.29) is 11.5 Å². The lowest BCUT2D eigenvalue weighted by Gasteiger charge is -2.50. The minimum atomic E-state index is -2.21. The van der Waals surface area contributed by atoms with Crippen LogP contribution in [-0.2, 0) is 8.85 Å². The fourth-order valence-electron chi connectivity index (χ4n) is 2.24. The summed E-state index contributed by atoms with van der Waals surface area (Å²) in [5, 5.41) is 9.60. The molecule has 0 saturated carbocycles. The maximum Gasteiger partial charge on any atom is 0.333 e. The highest BCUT2D eigenvalue weighted by Crippen LogP contribution is 2.44. The Hall–Kier alpha value is -0.373. The van der Waals surface area contributed by atoms with Crippen LogP contribution in [0.25, 0.3) is 0 Å². The van der Waals surface area contributed by atoms with Crippen molar-refractivity contribution in [3.63, 3.8) is 0 Å². The largest absolute Gasteiger partial charge is 0.391 e. The predicted octanol–water partition coefficient (Wildman–Crippen LogP) is 3.46. The van der Waals surface area contributed by atoms with Gasteiger partial charge in [-0.05, 0) is 19.0 Å². The van der Waals surface area contributed by atoms with Crippen molar-refractivity contribution in [3.8, 4) is 6.07 Å². The van der Waals surface area contributed by atoms with Crippen molar-refractivity contribution in [2.45, 2.75) is 65.8 Å². The van der Waals surface area contributed by atoms with E-state index in [2.05, 4.69) is 40.7 Å². The van der Waals surface area contributed by atoms with E-state index in [9.17, 15) is 5.26 Å². The average Bonchev–Trinajstić information content (AvgIpc) is 2.13. The van der Waals surface area contributed by atoms with Gasteiger partial charge in [-0.15, -0.1) is 0 Å². The predicted molar refractivity (Wildman–Crippen MR) is 70.7 cm³/mol. The molecule has 1 saturated heterocycles. The van der Waals surface area contributed by atoms with Crippen molar-refractivity contribution < 1.29 is 8.85 Å². The highest BCUT2D eigenvalue weighted by Gasteiger charge is 2.54. The molecular weight excluding hydrogens is 230 g/mol. The summed E-state index contributed by atoms with van der Waals surface area (Å²) in [5.41, 5.74) is -0.904. The molecule has 2 atom stereocenters. The number of rotatable bonds is 1. The number of nitriles is 1. The fourth-order valence-corrected chi connectivity index (χ4v) is 4.65. The van der Waals surface area contributed by atoms with Crippen LogP contribution in [-0.4, -0.2) is 20.3 Å². The maximum absolute atomic E-state index is 9.60. The Morgan fingerprint density at radius 1 is 1.35 bits per heavy atom. The molecule has 1 heterocycles. The lowest BCUT2D eigenvalue weighted by atomic mass is 9.73. The van der Waals surface area contributed by atoms with Gasteiger partial charge in [0, 0.05) is 11.8 Å². The second-order valence-corrected chi connectivity index (χ2v) is 10.0. The van der Waals surface area contributed by atoms with Gasteiger partial charge < -0.3 is 8.85 Å². The summed E-state index contributed by atoms with van der Waals surface area (Å²) >= 11 is 0. The van der Waals surface area contributed by atoms with Crippen molar-refractivity contribution in [2.24, 2.45) is 11.3 Å². The SMILES string of the molecule is CC(C)[C@@H]1C[C@](C#N)(C(C)(C)C)O[Si](C)(C)O1. The first kappa shape index (κ1) is 14.7. The van der Waals surface area contributed by atoms with Gasteiger partial charge in [-0.1, -0.05) is 34.6 Å². The first-order valence-corrected chi connectivity index (χ1v) is 9.14. The standard InChI is InChI=1S/C13H25NO2Si/c1-10(2)11-8-13(9-14,12(3,4)5)16-17(6,7)15-11/h10-11H,8H2,1-7H3/t11-,13-/m0/s1. The minimum absolute atomic E-state index is 0.129. The van der Waals surface area contributed by atoms with E-state index in [1.807, 2.05) is 13.1 Å². The normalized spacial score (nSPS) is 33.5. The lowest BCUT2D eigenvalue weighted by Crippen LogP contribution is -2.61. The van der Waals surface area contributed by atoms with E-state index >= 15 is 0 Å². The Morgan fingerprint density at radius 2 is 1.88 bits per heavy atom. The van der Waals surface area contributed by atoms with Gasteiger partial charge in [0.05, 0.1) is 12.2 Å². The molecule has 0 aliphatic carbocycles. The smallest absolute Gasteiger partial charge is 0.333 e. The fraction of sp³-hybridized carbons (Fsp3) is 0.923. The molecule has 3 nitrogen and oxygen atoms in total. The summed E-state index contributed by atoms with van der Waals surface area (Å²) in [6, 6.07) is 2.43. The zero-order chi connectivity index (χ0) is 13.5. The molecule has 0 unspecified atom stereocenters. The van der Waals surface area contributed by atoms with E-state index in [1.54, 1.807) is 0 Å². The third kappa shape index (κ3) is 2.90. The van der Waals surface area contributed by atoms with E-state index in [0.29, 0.717) is 12.3 Å². The molecule has 17 heavy (non-hydrogen) atoms. The van der Waals surface area contributed by atoms with Crippen LogP contribution in [0.5, 0.6) is 0 Å². The van der Waals surface area contributed by atoms with Gasteiger partial charge >= 0.3 is 8.56 Å². The first-order chi connectivity index (χ1) is 7.53. The molecule has 1 rings (SSSR count). The van der Waals surface area contributed by atoms with Crippen LogP contribution < -0.4 is 0 Å². The van der Waals surface area contributed by atoms with E-state index in [4.69, 9.17) is 8.85 Å². The zero-order valence-corrected chi connectivity index (χ0v) is 13.1. The second-order valence-electron chi connectivity index (χ2n) is 6.80. The molecular formula is C13H25NO2Si. The quantitative estimate of drug-likeness (QED) is 0.674. The topological polar surface area (TPSA) is 42.2 Å². The van der Waals surface area contributed by atoms with Gasteiger partial charge in [0.1, 0.15) is 0 Å². The van der Waals surface area contributed by atoms with Crippen LogP contribution in [0.3, 0.4) is 0 Å². The van der Waals surface area contributed by atoms with Crippen molar-refractivity contribution >= 4 is 8.56 Å². The summed E-state index contributed by atoms with van der Waals surface area (Å²) in [4.78, 5) is 0. The van der Waals surface area contributed by atoms with Crippen LogP contribution in [0.15, 0.2) is 0 Å². The van der Waals surface area contributed by atoms with Crippen LogP contribution in [0, 0.1) is 22.7 Å². The molecule has 1 fully saturated rings. The first-order valence-electron chi connectivity index (χ1n) is 6.32. The summed E-state index contributed by atoms with van der Waals surface area (Å²) in [6.45, 7) is 14.6. The molecule has 0 radical (unpaired) electrons. The van der Waals surface area contributed by atoms with Crippen molar-refractivity contribution in [2.75, 3.05) is 0 Å². The molecule has 0 bridgehead atoms. The maximum atomic E-state index is 9.60. The van der Waals surface area contributed by atoms with Crippen LogP contribution in [0.4, 0.5) is 0 Å². The number of nitrogens with zero attached hydrogens (tertiary/aromatic N) is 1. The molecule has 0 spiro atoms. The van der Waals surface area contributed by atoms with Crippen LogP contribution >= 0.6 is 0 Å². The van der Waals surface area contributed by atoms with Gasteiger partial charge in [0.25, 0.3) is 0 Å². The highest BCUT2D eigenvalue weighted by atomic mass is 28.4. The molecule has 0 aromatic heterocycles. The molecule has 4 heteroatoms.